The highest BCUT2D eigenvalue weighted by Crippen LogP contribution is 2.49. The molecule has 0 amide bonds. The topological polar surface area (TPSA) is 64.2 Å². The van der Waals surface area contributed by atoms with E-state index in [0.717, 1.165) is 48.4 Å². The van der Waals surface area contributed by atoms with Gasteiger partial charge in [0.2, 0.25) is 5.88 Å². The molecule has 5 nitrogen and oxygen atoms in total. The SMILES string of the molecule is O=c1cc(O)n(CCc2cccc(C(F)(F)F)c2)c(=O)n1[C@@H]1C[C@@H]2CC[C@H]1C2. The van der Waals surface area contributed by atoms with Gasteiger partial charge in [0.1, 0.15) is 0 Å². The molecule has 0 radical (unpaired) electrons. The van der Waals surface area contributed by atoms with Gasteiger partial charge in [0.25, 0.3) is 5.56 Å². The number of aryl methyl sites for hydroxylation is 1. The van der Waals surface area contributed by atoms with Gasteiger partial charge < -0.3 is 5.11 Å². The molecule has 1 N–H and O–H groups in total. The summed E-state index contributed by atoms with van der Waals surface area (Å²) in [5.74, 6) is 0.381. The second-order valence-electron chi connectivity index (χ2n) is 7.84. The van der Waals surface area contributed by atoms with Crippen LogP contribution in [0.4, 0.5) is 13.2 Å². The molecule has 28 heavy (non-hydrogen) atoms. The summed E-state index contributed by atoms with van der Waals surface area (Å²) in [7, 11) is 0. The predicted molar refractivity (Wildman–Crippen MR) is 96.3 cm³/mol. The molecule has 150 valence electrons. The standard InChI is InChI=1S/C20H21F3N2O3/c21-20(22,23)15-3-1-2-12(9-15)6-7-24-17(26)11-18(27)25(19(24)28)16-10-13-4-5-14(16)8-13/h1-3,9,11,13-14,16,26H,4-8,10H2/t13-,14+,16-/m1/s1. The monoisotopic (exact) mass is 394 g/mol. The average molecular weight is 394 g/mol. The molecule has 4 rings (SSSR count). The second kappa shape index (κ2) is 6.83. The van der Waals surface area contributed by atoms with E-state index in [1.807, 2.05) is 0 Å². The van der Waals surface area contributed by atoms with Crippen molar-refractivity contribution in [1.82, 2.24) is 9.13 Å². The van der Waals surface area contributed by atoms with Crippen LogP contribution in [0.25, 0.3) is 0 Å². The fourth-order valence-electron chi connectivity index (χ4n) is 4.77. The summed E-state index contributed by atoms with van der Waals surface area (Å²) < 4.78 is 40.9. The van der Waals surface area contributed by atoms with Gasteiger partial charge in [-0.15, -0.1) is 0 Å². The van der Waals surface area contributed by atoms with Crippen molar-refractivity contribution >= 4 is 0 Å². The molecule has 1 aromatic carbocycles. The largest absolute Gasteiger partial charge is 0.494 e. The first-order valence-corrected chi connectivity index (χ1v) is 9.45. The first-order valence-electron chi connectivity index (χ1n) is 9.45. The number of hydrogen-bond acceptors (Lipinski definition) is 3. The number of fused-ring (bicyclic) bond motifs is 2. The van der Waals surface area contributed by atoms with Crippen LogP contribution in [0.15, 0.2) is 39.9 Å². The van der Waals surface area contributed by atoms with Gasteiger partial charge in [0.15, 0.2) is 0 Å². The van der Waals surface area contributed by atoms with Crippen molar-refractivity contribution in [1.29, 1.82) is 0 Å². The van der Waals surface area contributed by atoms with Gasteiger partial charge in [-0.2, -0.15) is 13.2 Å². The van der Waals surface area contributed by atoms with E-state index in [1.165, 1.54) is 10.6 Å². The van der Waals surface area contributed by atoms with Crippen molar-refractivity contribution in [2.45, 2.75) is 50.9 Å². The van der Waals surface area contributed by atoms with Gasteiger partial charge in [-0.3, -0.25) is 13.9 Å². The Balaban J connectivity index is 1.61. The van der Waals surface area contributed by atoms with Crippen LogP contribution in [0.1, 0.15) is 42.9 Å². The number of rotatable bonds is 4. The maximum Gasteiger partial charge on any atom is 0.416 e. The Hall–Kier alpha value is -2.51. The minimum Gasteiger partial charge on any atom is -0.494 e. The molecule has 0 unspecified atom stereocenters. The fraction of sp³-hybridized carbons (Fsp3) is 0.500. The summed E-state index contributed by atoms with van der Waals surface area (Å²) in [6.07, 6.45) is -0.389. The van der Waals surface area contributed by atoms with Crippen molar-refractivity contribution in [2.24, 2.45) is 11.8 Å². The Morgan fingerprint density at radius 2 is 1.89 bits per heavy atom. The zero-order valence-electron chi connectivity index (χ0n) is 15.2. The Morgan fingerprint density at radius 3 is 2.54 bits per heavy atom. The molecule has 2 bridgehead atoms. The average Bonchev–Trinajstić information content (AvgIpc) is 3.24. The molecule has 0 saturated heterocycles. The maximum absolute atomic E-state index is 12.9. The van der Waals surface area contributed by atoms with Crippen LogP contribution < -0.4 is 11.2 Å². The minimum absolute atomic E-state index is 0.00687. The molecule has 0 aliphatic heterocycles. The van der Waals surface area contributed by atoms with E-state index in [-0.39, 0.29) is 19.0 Å². The van der Waals surface area contributed by atoms with Gasteiger partial charge in [-0.05, 0) is 49.1 Å². The first kappa shape index (κ1) is 18.8. The Bertz CT molecular complexity index is 1010. The van der Waals surface area contributed by atoms with Crippen molar-refractivity contribution < 1.29 is 18.3 Å². The third kappa shape index (κ3) is 3.36. The number of hydrogen-bond donors (Lipinski definition) is 1. The molecule has 8 heteroatoms. The molecule has 2 aliphatic rings. The van der Waals surface area contributed by atoms with E-state index in [9.17, 15) is 27.9 Å². The summed E-state index contributed by atoms with van der Waals surface area (Å²) in [4.78, 5) is 25.3. The van der Waals surface area contributed by atoms with E-state index < -0.39 is 28.9 Å². The quantitative estimate of drug-likeness (QED) is 0.865. The number of aromatic nitrogens is 2. The highest BCUT2D eigenvalue weighted by molar-refractivity contribution is 5.26. The molecular weight excluding hydrogens is 373 g/mol. The fourth-order valence-corrected chi connectivity index (χ4v) is 4.77. The molecule has 3 atom stereocenters. The molecular formula is C20H21F3N2O3. The van der Waals surface area contributed by atoms with Gasteiger partial charge in [-0.1, -0.05) is 24.6 Å². The van der Waals surface area contributed by atoms with Crippen LogP contribution in [0.3, 0.4) is 0 Å². The van der Waals surface area contributed by atoms with Crippen LogP contribution in [-0.4, -0.2) is 14.2 Å². The third-order valence-electron chi connectivity index (χ3n) is 6.11. The van der Waals surface area contributed by atoms with Gasteiger partial charge in [-0.25, -0.2) is 4.79 Å². The van der Waals surface area contributed by atoms with Crippen LogP contribution in [0, 0.1) is 11.8 Å². The highest BCUT2D eigenvalue weighted by atomic mass is 19.4. The lowest BCUT2D eigenvalue weighted by molar-refractivity contribution is -0.137. The lowest BCUT2D eigenvalue weighted by Gasteiger charge is -2.24. The van der Waals surface area contributed by atoms with Crippen LogP contribution in [0.2, 0.25) is 0 Å². The van der Waals surface area contributed by atoms with Crippen molar-refractivity contribution in [2.75, 3.05) is 0 Å². The maximum atomic E-state index is 12.9. The molecule has 2 aliphatic carbocycles. The molecule has 2 fully saturated rings. The Kier molecular flexibility index (Phi) is 4.59. The first-order chi connectivity index (χ1) is 13.2. The van der Waals surface area contributed by atoms with Crippen LogP contribution in [0.5, 0.6) is 5.88 Å². The van der Waals surface area contributed by atoms with Crippen molar-refractivity contribution in [3.8, 4) is 5.88 Å². The zero-order chi connectivity index (χ0) is 20.1. The summed E-state index contributed by atoms with van der Waals surface area (Å²) in [6.45, 7) is -0.00687. The van der Waals surface area contributed by atoms with Gasteiger partial charge in [0.05, 0.1) is 11.6 Å². The number of benzene rings is 1. The lowest BCUT2D eigenvalue weighted by atomic mass is 9.95. The van der Waals surface area contributed by atoms with E-state index in [4.69, 9.17) is 0 Å². The summed E-state index contributed by atoms with van der Waals surface area (Å²) in [6, 6.07) is 5.76. The Labute approximate surface area is 159 Å². The van der Waals surface area contributed by atoms with Crippen molar-refractivity contribution in [3.05, 3.63) is 62.3 Å². The normalized spacial score (nSPS) is 24.0. The molecule has 0 spiro atoms. The van der Waals surface area contributed by atoms with Crippen LogP contribution in [-0.2, 0) is 19.1 Å². The Morgan fingerprint density at radius 1 is 1.11 bits per heavy atom. The van der Waals surface area contributed by atoms with E-state index in [2.05, 4.69) is 0 Å². The van der Waals surface area contributed by atoms with Crippen LogP contribution >= 0.6 is 0 Å². The molecule has 2 aromatic rings. The highest BCUT2D eigenvalue weighted by Gasteiger charge is 2.41. The molecule has 2 saturated carbocycles. The third-order valence-corrected chi connectivity index (χ3v) is 6.11. The van der Waals surface area contributed by atoms with E-state index in [1.54, 1.807) is 6.07 Å². The number of nitrogens with zero attached hydrogens (tertiary/aromatic N) is 2. The van der Waals surface area contributed by atoms with Gasteiger partial charge >= 0.3 is 11.9 Å². The molecule has 1 heterocycles. The number of alkyl halides is 3. The summed E-state index contributed by atoms with van der Waals surface area (Å²) in [5, 5.41) is 10.1. The zero-order valence-corrected chi connectivity index (χ0v) is 15.2. The lowest BCUT2D eigenvalue weighted by Crippen LogP contribution is -2.43. The number of halogens is 3. The summed E-state index contributed by atoms with van der Waals surface area (Å²) >= 11 is 0. The van der Waals surface area contributed by atoms with Gasteiger partial charge in [0, 0.05) is 12.6 Å². The summed E-state index contributed by atoms with van der Waals surface area (Å²) in [5.41, 5.74) is -1.46. The van der Waals surface area contributed by atoms with E-state index >= 15 is 0 Å². The smallest absolute Gasteiger partial charge is 0.416 e. The predicted octanol–water partition coefficient (Wildman–Crippen LogP) is 3.34. The number of aromatic hydroxyl groups is 1. The minimum atomic E-state index is -4.44. The van der Waals surface area contributed by atoms with E-state index in [0.29, 0.717) is 17.4 Å². The second-order valence-corrected chi connectivity index (χ2v) is 7.84. The molecule has 1 aromatic heterocycles. The van der Waals surface area contributed by atoms with Crippen molar-refractivity contribution in [3.63, 3.8) is 0 Å².